The third kappa shape index (κ3) is 2.30. The normalized spacial score (nSPS) is 10.5. The SMILES string of the molecule is CCCn1c(O)c(C=N)c(=O)n(CCC)c1=O. The van der Waals surface area contributed by atoms with Gasteiger partial charge in [0.05, 0.1) is 0 Å². The number of aromatic nitrogens is 2. The van der Waals surface area contributed by atoms with Crippen LogP contribution in [0.15, 0.2) is 9.59 Å². The quantitative estimate of drug-likeness (QED) is 0.735. The minimum atomic E-state index is -0.600. The summed E-state index contributed by atoms with van der Waals surface area (Å²) in [7, 11) is 0. The van der Waals surface area contributed by atoms with Gasteiger partial charge in [0.15, 0.2) is 0 Å². The fourth-order valence-electron chi connectivity index (χ4n) is 1.68. The fraction of sp³-hybridized carbons (Fsp3) is 0.545. The molecule has 1 rings (SSSR count). The Bertz CT molecular complexity index is 528. The van der Waals surface area contributed by atoms with Crippen LogP contribution in [0.4, 0.5) is 0 Å². The summed E-state index contributed by atoms with van der Waals surface area (Å²) in [4.78, 5) is 23.8. The molecular formula is C11H17N3O3. The van der Waals surface area contributed by atoms with Crippen LogP contribution in [0.5, 0.6) is 5.88 Å². The van der Waals surface area contributed by atoms with Crippen molar-refractivity contribution in [3.63, 3.8) is 0 Å². The number of aromatic hydroxyl groups is 1. The fourth-order valence-corrected chi connectivity index (χ4v) is 1.68. The van der Waals surface area contributed by atoms with Crippen molar-refractivity contribution in [3.8, 4) is 5.88 Å². The molecule has 0 amide bonds. The number of nitrogens with zero attached hydrogens (tertiary/aromatic N) is 2. The maximum atomic E-state index is 11.9. The lowest BCUT2D eigenvalue weighted by Crippen LogP contribution is -2.41. The predicted molar refractivity (Wildman–Crippen MR) is 65.1 cm³/mol. The smallest absolute Gasteiger partial charge is 0.333 e. The molecule has 0 aliphatic heterocycles. The topological polar surface area (TPSA) is 88.1 Å². The molecule has 17 heavy (non-hydrogen) atoms. The second-order valence-electron chi connectivity index (χ2n) is 3.77. The average Bonchev–Trinajstić information content (AvgIpc) is 2.31. The maximum absolute atomic E-state index is 11.9. The zero-order valence-corrected chi connectivity index (χ0v) is 10.1. The van der Waals surface area contributed by atoms with Crippen LogP contribution in [0.1, 0.15) is 32.3 Å². The first kappa shape index (κ1) is 13.2. The van der Waals surface area contributed by atoms with Gasteiger partial charge in [-0.1, -0.05) is 13.8 Å². The van der Waals surface area contributed by atoms with E-state index in [1.54, 1.807) is 0 Å². The molecule has 2 N–H and O–H groups in total. The summed E-state index contributed by atoms with van der Waals surface area (Å²) in [5.41, 5.74) is -1.25. The van der Waals surface area contributed by atoms with E-state index in [1.807, 2.05) is 13.8 Å². The Morgan fingerprint density at radius 2 is 1.71 bits per heavy atom. The Morgan fingerprint density at radius 3 is 2.18 bits per heavy atom. The molecule has 0 aromatic carbocycles. The number of rotatable bonds is 5. The highest BCUT2D eigenvalue weighted by atomic mass is 16.3. The van der Waals surface area contributed by atoms with Gasteiger partial charge >= 0.3 is 5.69 Å². The summed E-state index contributed by atoms with van der Waals surface area (Å²) < 4.78 is 2.20. The Labute approximate surface area is 98.6 Å². The van der Waals surface area contributed by atoms with E-state index in [0.717, 1.165) is 15.3 Å². The highest BCUT2D eigenvalue weighted by Crippen LogP contribution is 2.08. The summed E-state index contributed by atoms with van der Waals surface area (Å²) in [5, 5.41) is 16.9. The van der Waals surface area contributed by atoms with E-state index in [-0.39, 0.29) is 5.56 Å². The summed E-state index contributed by atoms with van der Waals surface area (Å²) in [6.45, 7) is 4.34. The van der Waals surface area contributed by atoms with E-state index in [9.17, 15) is 14.7 Å². The largest absolute Gasteiger partial charge is 0.494 e. The molecule has 6 heteroatoms. The third-order valence-electron chi connectivity index (χ3n) is 2.47. The van der Waals surface area contributed by atoms with Crippen LogP contribution in [0.25, 0.3) is 0 Å². The first-order valence-electron chi connectivity index (χ1n) is 5.65. The minimum absolute atomic E-state index is 0.133. The average molecular weight is 239 g/mol. The predicted octanol–water partition coefficient (Wildman–Crippen LogP) is 0.533. The number of hydrogen-bond donors (Lipinski definition) is 2. The Hall–Kier alpha value is -1.85. The lowest BCUT2D eigenvalue weighted by atomic mass is 10.3. The number of nitrogens with one attached hydrogen (secondary N) is 1. The molecule has 1 aromatic heterocycles. The van der Waals surface area contributed by atoms with Gasteiger partial charge in [0.2, 0.25) is 5.88 Å². The van der Waals surface area contributed by atoms with E-state index < -0.39 is 17.1 Å². The molecule has 0 unspecified atom stereocenters. The van der Waals surface area contributed by atoms with Gasteiger partial charge in [-0.2, -0.15) is 0 Å². The van der Waals surface area contributed by atoms with Crippen LogP contribution >= 0.6 is 0 Å². The van der Waals surface area contributed by atoms with Crippen molar-refractivity contribution >= 4 is 6.21 Å². The van der Waals surface area contributed by atoms with E-state index in [2.05, 4.69) is 0 Å². The second-order valence-corrected chi connectivity index (χ2v) is 3.77. The highest BCUT2D eigenvalue weighted by molar-refractivity contribution is 5.79. The van der Waals surface area contributed by atoms with Crippen LogP contribution in [-0.2, 0) is 13.1 Å². The molecule has 94 valence electrons. The molecule has 0 aliphatic rings. The monoisotopic (exact) mass is 239 g/mol. The maximum Gasteiger partial charge on any atom is 0.333 e. The van der Waals surface area contributed by atoms with Crippen LogP contribution < -0.4 is 11.2 Å². The minimum Gasteiger partial charge on any atom is -0.494 e. The summed E-state index contributed by atoms with van der Waals surface area (Å²) >= 11 is 0. The van der Waals surface area contributed by atoms with Crippen LogP contribution in [-0.4, -0.2) is 20.5 Å². The standard InChI is InChI=1S/C11H17N3O3/c1-3-5-13-9(15)8(7-12)10(16)14(6-4-2)11(13)17/h7,12,15H,3-6H2,1-2H3. The van der Waals surface area contributed by atoms with Gasteiger partial charge in [0, 0.05) is 19.3 Å². The van der Waals surface area contributed by atoms with Crippen LogP contribution in [0.3, 0.4) is 0 Å². The van der Waals surface area contributed by atoms with E-state index in [4.69, 9.17) is 5.41 Å². The van der Waals surface area contributed by atoms with Gasteiger partial charge < -0.3 is 10.5 Å². The first-order chi connectivity index (χ1) is 8.08. The Morgan fingerprint density at radius 1 is 1.18 bits per heavy atom. The first-order valence-corrected chi connectivity index (χ1v) is 5.65. The molecule has 0 aliphatic carbocycles. The summed E-state index contributed by atoms with van der Waals surface area (Å²) in [5.74, 6) is -0.413. The van der Waals surface area contributed by atoms with Gasteiger partial charge in [-0.15, -0.1) is 0 Å². The molecule has 6 nitrogen and oxygen atoms in total. The van der Waals surface area contributed by atoms with Crippen LogP contribution in [0.2, 0.25) is 0 Å². The lowest BCUT2D eigenvalue weighted by molar-refractivity contribution is 0.385. The van der Waals surface area contributed by atoms with E-state index >= 15 is 0 Å². The lowest BCUT2D eigenvalue weighted by Gasteiger charge is -2.12. The third-order valence-corrected chi connectivity index (χ3v) is 2.47. The second kappa shape index (κ2) is 5.47. The molecule has 1 heterocycles. The molecule has 0 spiro atoms. The van der Waals surface area contributed by atoms with Crippen molar-refractivity contribution in [3.05, 3.63) is 26.4 Å². The Balaban J connectivity index is 3.63. The molecule has 0 saturated heterocycles. The zero-order chi connectivity index (χ0) is 13.0. The summed E-state index contributed by atoms with van der Waals surface area (Å²) in [6, 6.07) is 0. The highest BCUT2D eigenvalue weighted by Gasteiger charge is 2.15. The van der Waals surface area contributed by atoms with Crippen molar-refractivity contribution in [2.75, 3.05) is 0 Å². The Kier molecular flexibility index (Phi) is 4.25. The van der Waals surface area contributed by atoms with Gasteiger partial charge in [0.25, 0.3) is 5.56 Å². The molecule has 0 fully saturated rings. The molecular weight excluding hydrogens is 222 g/mol. The van der Waals surface area contributed by atoms with Gasteiger partial charge in [0.1, 0.15) is 5.56 Å². The van der Waals surface area contributed by atoms with E-state index in [0.29, 0.717) is 25.9 Å². The van der Waals surface area contributed by atoms with Crippen LogP contribution in [0, 0.1) is 5.41 Å². The van der Waals surface area contributed by atoms with E-state index in [1.165, 1.54) is 0 Å². The van der Waals surface area contributed by atoms with Crippen molar-refractivity contribution in [2.24, 2.45) is 0 Å². The van der Waals surface area contributed by atoms with Crippen molar-refractivity contribution in [1.82, 2.24) is 9.13 Å². The van der Waals surface area contributed by atoms with Gasteiger partial charge in [-0.25, -0.2) is 4.79 Å². The molecule has 0 saturated carbocycles. The van der Waals surface area contributed by atoms with Crippen molar-refractivity contribution in [1.29, 1.82) is 5.41 Å². The summed E-state index contributed by atoms with van der Waals surface area (Å²) in [6.07, 6.45) is 2.09. The van der Waals surface area contributed by atoms with Gasteiger partial charge in [-0.05, 0) is 12.8 Å². The van der Waals surface area contributed by atoms with Crippen molar-refractivity contribution in [2.45, 2.75) is 39.8 Å². The number of hydrogen-bond acceptors (Lipinski definition) is 4. The molecule has 1 aromatic rings. The van der Waals surface area contributed by atoms with Crippen molar-refractivity contribution < 1.29 is 5.11 Å². The molecule has 0 bridgehead atoms. The zero-order valence-electron chi connectivity index (χ0n) is 10.1. The van der Waals surface area contributed by atoms with Gasteiger partial charge in [-0.3, -0.25) is 13.9 Å². The molecule has 0 radical (unpaired) electrons. The molecule has 0 atom stereocenters.